The van der Waals surface area contributed by atoms with Crippen LogP contribution in [0.4, 0.5) is 0 Å². The van der Waals surface area contributed by atoms with Crippen LogP contribution in [0.25, 0.3) is 32.8 Å². The number of nitrogens with zero attached hydrogens (tertiary/aromatic N) is 1. The highest BCUT2D eigenvalue weighted by Crippen LogP contribution is 2.32. The van der Waals surface area contributed by atoms with Crippen LogP contribution in [0.3, 0.4) is 0 Å². The molecule has 0 atom stereocenters. The highest BCUT2D eigenvalue weighted by atomic mass is 27.3. The molecule has 39 heavy (non-hydrogen) atoms. The molecule has 0 saturated heterocycles. The lowest BCUT2D eigenvalue weighted by Gasteiger charge is -2.19. The van der Waals surface area contributed by atoms with E-state index in [0.717, 1.165) is 44.2 Å². The predicted molar refractivity (Wildman–Crippen MR) is 159 cm³/mol. The third-order valence-electron chi connectivity index (χ3n) is 7.00. The first-order valence-corrected chi connectivity index (χ1v) is 14.5. The van der Waals surface area contributed by atoms with Gasteiger partial charge in [-0.3, -0.25) is 0 Å². The van der Waals surface area contributed by atoms with E-state index in [0.29, 0.717) is 11.5 Å². The summed E-state index contributed by atoms with van der Waals surface area (Å²) in [5.41, 5.74) is 6.40. The fraction of sp³-hybridized carbons (Fsp3) is 0.0882. The van der Waals surface area contributed by atoms with E-state index in [4.69, 9.17) is 16.3 Å². The minimum atomic E-state index is -2.81. The van der Waals surface area contributed by atoms with Crippen molar-refractivity contribution >= 4 is 36.8 Å². The first-order valence-electron chi connectivity index (χ1n) is 13.1. The maximum atomic E-state index is 6.63. The zero-order valence-electron chi connectivity index (χ0n) is 22.2. The summed E-state index contributed by atoms with van der Waals surface area (Å²) in [6.07, 6.45) is 0. The molecular formula is C34H28AlNO3. The standard InChI is InChI=1S/C12H12O.C12H10O.C10H9NO.Al/c1-8-6-7-10-4-3-5-11(13)12(10)9(8)2;13-12-8-6-11(7-9-12)10-4-2-1-3-5-10;1-7-5-6-8-3-2-4-9(12)10(8)11-7;/h3-7,13H,1-2H3;1-9,13H;2-6,12H,1H3;/q;;;+3/p-3. The van der Waals surface area contributed by atoms with E-state index < -0.39 is 15.1 Å². The first-order chi connectivity index (χ1) is 19.0. The second-order valence-electron chi connectivity index (χ2n) is 9.67. The quantitative estimate of drug-likeness (QED) is 0.196. The topological polar surface area (TPSA) is 40.6 Å². The molecule has 0 spiro atoms. The van der Waals surface area contributed by atoms with Crippen LogP contribution in [-0.4, -0.2) is 20.1 Å². The minimum absolute atomic E-state index is 0.655. The smallest absolute Gasteiger partial charge is 0.577 e. The van der Waals surface area contributed by atoms with Crippen LogP contribution in [0, 0.1) is 20.8 Å². The van der Waals surface area contributed by atoms with Crippen molar-refractivity contribution in [1.82, 2.24) is 4.98 Å². The summed E-state index contributed by atoms with van der Waals surface area (Å²) in [6.45, 7) is 6.22. The number of aromatic nitrogens is 1. The molecule has 6 aromatic rings. The molecule has 0 unspecified atom stereocenters. The molecule has 4 nitrogen and oxygen atoms in total. The zero-order chi connectivity index (χ0) is 26.8. The van der Waals surface area contributed by atoms with E-state index in [-0.39, 0.29) is 0 Å². The van der Waals surface area contributed by atoms with Gasteiger partial charge < -0.3 is 11.4 Å². The Balaban J connectivity index is 1.37. The number of pyridine rings is 1. The molecule has 0 fully saturated rings. The van der Waals surface area contributed by atoms with Gasteiger partial charge in [-0.1, -0.05) is 84.9 Å². The number of benzene rings is 5. The summed E-state index contributed by atoms with van der Waals surface area (Å²) >= 11 is -2.81. The molecule has 1 heterocycles. The van der Waals surface area contributed by atoms with Gasteiger partial charge in [-0.05, 0) is 78.7 Å². The second kappa shape index (κ2) is 10.8. The monoisotopic (exact) mass is 525 g/mol. The largest absolute Gasteiger partial charge is 1.20 e. The minimum Gasteiger partial charge on any atom is -0.577 e. The van der Waals surface area contributed by atoms with E-state index in [1.807, 2.05) is 73.7 Å². The lowest BCUT2D eigenvalue weighted by molar-refractivity contribution is 0.310. The van der Waals surface area contributed by atoms with E-state index in [9.17, 15) is 0 Å². The molecule has 0 aliphatic heterocycles. The van der Waals surface area contributed by atoms with Crippen LogP contribution >= 0.6 is 0 Å². The van der Waals surface area contributed by atoms with Gasteiger partial charge in [0.2, 0.25) is 0 Å². The molecule has 5 aromatic carbocycles. The summed E-state index contributed by atoms with van der Waals surface area (Å²) in [5.74, 6) is 2.11. The number of fused-ring (bicyclic) bond motifs is 2. The molecule has 0 saturated carbocycles. The maximum Gasteiger partial charge on any atom is 1.20 e. The van der Waals surface area contributed by atoms with Gasteiger partial charge in [0.15, 0.2) is 0 Å². The van der Waals surface area contributed by atoms with Crippen LogP contribution in [0.1, 0.15) is 16.8 Å². The molecule has 0 N–H and O–H groups in total. The van der Waals surface area contributed by atoms with Crippen LogP contribution in [0.15, 0.2) is 115 Å². The van der Waals surface area contributed by atoms with Gasteiger partial charge in [-0.15, -0.1) is 0 Å². The summed E-state index contributed by atoms with van der Waals surface area (Å²) < 4.78 is 19.7. The molecule has 0 aliphatic rings. The number of rotatable bonds is 7. The third-order valence-corrected chi connectivity index (χ3v) is 8.36. The molecule has 1 aromatic heterocycles. The van der Waals surface area contributed by atoms with Crippen molar-refractivity contribution in [2.24, 2.45) is 0 Å². The molecule has 0 amide bonds. The fourth-order valence-electron chi connectivity index (χ4n) is 4.78. The highest BCUT2D eigenvalue weighted by molar-refractivity contribution is 6.40. The van der Waals surface area contributed by atoms with Crippen molar-refractivity contribution in [2.75, 3.05) is 0 Å². The van der Waals surface area contributed by atoms with Gasteiger partial charge in [0.1, 0.15) is 11.3 Å². The molecule has 0 bridgehead atoms. The number of para-hydroxylation sites is 1. The number of aryl methyl sites for hydroxylation is 3. The average Bonchev–Trinajstić information content (AvgIpc) is 2.96. The first kappa shape index (κ1) is 25.0. The Morgan fingerprint density at radius 1 is 0.538 bits per heavy atom. The fourth-order valence-corrected chi connectivity index (χ4v) is 6.11. The number of hydrogen-bond donors (Lipinski definition) is 0. The van der Waals surface area contributed by atoms with Crippen molar-refractivity contribution in [1.29, 1.82) is 0 Å². The van der Waals surface area contributed by atoms with Gasteiger partial charge in [0.05, 0.1) is 11.5 Å². The van der Waals surface area contributed by atoms with Crippen LogP contribution < -0.4 is 11.4 Å². The molecule has 190 valence electrons. The van der Waals surface area contributed by atoms with E-state index in [2.05, 4.69) is 62.4 Å². The van der Waals surface area contributed by atoms with Gasteiger partial charge in [-0.2, -0.15) is 0 Å². The Morgan fingerprint density at radius 2 is 1.21 bits per heavy atom. The second-order valence-corrected chi connectivity index (χ2v) is 11.0. The normalized spacial score (nSPS) is 10.9. The Labute approximate surface area is 233 Å². The highest BCUT2D eigenvalue weighted by Gasteiger charge is 2.45. The Bertz CT molecular complexity index is 1770. The summed E-state index contributed by atoms with van der Waals surface area (Å²) in [5, 5.41) is 3.21. The Morgan fingerprint density at radius 3 is 2.00 bits per heavy atom. The maximum absolute atomic E-state index is 6.63. The number of hydrogen-bond acceptors (Lipinski definition) is 4. The van der Waals surface area contributed by atoms with Gasteiger partial charge in [0, 0.05) is 16.5 Å². The molecule has 6 rings (SSSR count). The average molecular weight is 526 g/mol. The van der Waals surface area contributed by atoms with Crippen molar-refractivity contribution < 1.29 is 11.4 Å². The molecule has 0 aliphatic carbocycles. The SMILES string of the molecule is Cc1ccc2cccc([O][Al]([O]c3ccc(-c4ccccc4)cc3)[O]c3cccc4ccc(C)c(C)c34)c2n1. The van der Waals surface area contributed by atoms with E-state index >= 15 is 0 Å². The van der Waals surface area contributed by atoms with Crippen molar-refractivity contribution in [3.05, 3.63) is 132 Å². The van der Waals surface area contributed by atoms with Crippen molar-refractivity contribution in [2.45, 2.75) is 20.8 Å². The van der Waals surface area contributed by atoms with Gasteiger partial charge in [-0.25, -0.2) is 4.98 Å². The molecule has 0 radical (unpaired) electrons. The summed E-state index contributed by atoms with van der Waals surface area (Å²) in [7, 11) is 0. The van der Waals surface area contributed by atoms with E-state index in [1.54, 1.807) is 0 Å². The van der Waals surface area contributed by atoms with Gasteiger partial charge in [0.25, 0.3) is 0 Å². The third kappa shape index (κ3) is 5.33. The van der Waals surface area contributed by atoms with E-state index in [1.165, 1.54) is 11.1 Å². The Kier molecular flexibility index (Phi) is 6.94. The van der Waals surface area contributed by atoms with Gasteiger partial charge >= 0.3 is 15.1 Å². The van der Waals surface area contributed by atoms with Crippen LogP contribution in [-0.2, 0) is 0 Å². The van der Waals surface area contributed by atoms with Crippen LogP contribution in [0.2, 0.25) is 0 Å². The zero-order valence-corrected chi connectivity index (χ0v) is 23.4. The Hall–Kier alpha value is -4.30. The van der Waals surface area contributed by atoms with Crippen LogP contribution in [0.5, 0.6) is 17.2 Å². The lowest BCUT2D eigenvalue weighted by atomic mass is 10.0. The molecular weight excluding hydrogens is 497 g/mol. The lowest BCUT2D eigenvalue weighted by Crippen LogP contribution is -2.37. The van der Waals surface area contributed by atoms with Crippen molar-refractivity contribution in [3.63, 3.8) is 0 Å². The molecule has 5 heteroatoms. The van der Waals surface area contributed by atoms with Crippen molar-refractivity contribution in [3.8, 4) is 28.4 Å². The predicted octanol–water partition coefficient (Wildman–Crippen LogP) is 8.50. The summed E-state index contributed by atoms with van der Waals surface area (Å²) in [6, 6.07) is 38.7. The summed E-state index contributed by atoms with van der Waals surface area (Å²) in [4.78, 5) is 4.75.